The summed E-state index contributed by atoms with van der Waals surface area (Å²) in [7, 11) is -3.81. The molecule has 0 aromatic heterocycles. The van der Waals surface area contributed by atoms with Gasteiger partial charge in [0.15, 0.2) is 0 Å². The first-order valence-corrected chi connectivity index (χ1v) is 7.97. The number of aryl methyl sites for hydroxylation is 1. The minimum absolute atomic E-state index is 0.00950. The molecular weight excluding hydrogens is 315 g/mol. The standard InChI is InChI=1S/C14H14ClFN2O2S/c1-9-2-4-12(6-10(9)8-17)21(19,20)18-14-5-3-11(16)7-13(14)15/h2-7,18H,8,17H2,1H3. The maximum atomic E-state index is 13.0. The van der Waals surface area contributed by atoms with Gasteiger partial charge >= 0.3 is 0 Å². The third-order valence-electron chi connectivity index (χ3n) is 3.03. The summed E-state index contributed by atoms with van der Waals surface area (Å²) in [5.74, 6) is -0.538. The summed E-state index contributed by atoms with van der Waals surface area (Å²) < 4.78 is 39.9. The molecule has 3 N–H and O–H groups in total. The Hall–Kier alpha value is -1.63. The molecule has 2 aromatic rings. The average molecular weight is 329 g/mol. The van der Waals surface area contributed by atoms with Gasteiger partial charge in [0, 0.05) is 6.54 Å². The molecule has 0 amide bonds. The molecule has 0 saturated carbocycles. The van der Waals surface area contributed by atoms with E-state index in [1.165, 1.54) is 18.2 Å². The van der Waals surface area contributed by atoms with Crippen LogP contribution >= 0.6 is 11.6 Å². The molecule has 0 aliphatic heterocycles. The number of halogens is 2. The van der Waals surface area contributed by atoms with Crippen LogP contribution in [-0.2, 0) is 16.6 Å². The molecule has 0 bridgehead atoms. The smallest absolute Gasteiger partial charge is 0.261 e. The molecule has 0 spiro atoms. The molecule has 0 atom stereocenters. The number of hydrogen-bond acceptors (Lipinski definition) is 3. The molecular formula is C14H14ClFN2O2S. The van der Waals surface area contributed by atoms with Crippen molar-refractivity contribution in [3.63, 3.8) is 0 Å². The highest BCUT2D eigenvalue weighted by Gasteiger charge is 2.17. The predicted octanol–water partition coefficient (Wildman–Crippen LogP) is 3.05. The van der Waals surface area contributed by atoms with Crippen LogP contribution < -0.4 is 10.5 Å². The lowest BCUT2D eigenvalue weighted by atomic mass is 10.1. The second-order valence-corrected chi connectivity index (χ2v) is 6.61. The van der Waals surface area contributed by atoms with Gasteiger partial charge in [0.25, 0.3) is 10.0 Å². The van der Waals surface area contributed by atoms with Gasteiger partial charge in [0.1, 0.15) is 5.82 Å². The van der Waals surface area contributed by atoms with Crippen LogP contribution in [-0.4, -0.2) is 8.42 Å². The molecule has 2 rings (SSSR count). The maximum Gasteiger partial charge on any atom is 0.261 e. The van der Waals surface area contributed by atoms with Crippen molar-refractivity contribution in [3.8, 4) is 0 Å². The van der Waals surface area contributed by atoms with Crippen molar-refractivity contribution in [2.75, 3.05) is 4.72 Å². The molecule has 0 unspecified atom stereocenters. The van der Waals surface area contributed by atoms with Crippen molar-refractivity contribution in [1.82, 2.24) is 0 Å². The monoisotopic (exact) mass is 328 g/mol. The lowest BCUT2D eigenvalue weighted by Crippen LogP contribution is -2.14. The molecule has 2 aromatic carbocycles. The second-order valence-electron chi connectivity index (χ2n) is 4.52. The van der Waals surface area contributed by atoms with E-state index < -0.39 is 15.8 Å². The normalized spacial score (nSPS) is 11.4. The lowest BCUT2D eigenvalue weighted by molar-refractivity contribution is 0.601. The highest BCUT2D eigenvalue weighted by atomic mass is 35.5. The van der Waals surface area contributed by atoms with E-state index in [0.29, 0.717) is 0 Å². The summed E-state index contributed by atoms with van der Waals surface area (Å²) in [6.45, 7) is 2.09. The fourth-order valence-electron chi connectivity index (χ4n) is 1.81. The molecule has 0 aliphatic carbocycles. The van der Waals surface area contributed by atoms with Gasteiger partial charge in [-0.25, -0.2) is 12.8 Å². The Labute approximate surface area is 127 Å². The van der Waals surface area contributed by atoms with Crippen LogP contribution in [0.3, 0.4) is 0 Å². The zero-order valence-electron chi connectivity index (χ0n) is 11.2. The average Bonchev–Trinajstić information content (AvgIpc) is 2.42. The van der Waals surface area contributed by atoms with E-state index in [2.05, 4.69) is 4.72 Å². The molecule has 0 heterocycles. The van der Waals surface area contributed by atoms with Gasteiger partial charge in [-0.15, -0.1) is 0 Å². The van der Waals surface area contributed by atoms with Crippen LogP contribution in [0.2, 0.25) is 5.02 Å². The van der Waals surface area contributed by atoms with Gasteiger partial charge in [0.05, 0.1) is 15.6 Å². The number of nitrogens with one attached hydrogen (secondary N) is 1. The van der Waals surface area contributed by atoms with Gasteiger partial charge in [-0.3, -0.25) is 4.72 Å². The van der Waals surface area contributed by atoms with E-state index in [9.17, 15) is 12.8 Å². The molecule has 7 heteroatoms. The maximum absolute atomic E-state index is 13.0. The van der Waals surface area contributed by atoms with Gasteiger partial charge in [-0.05, 0) is 48.4 Å². The van der Waals surface area contributed by atoms with Crippen LogP contribution in [0.1, 0.15) is 11.1 Å². The van der Waals surface area contributed by atoms with Gasteiger partial charge < -0.3 is 5.73 Å². The Kier molecular flexibility index (Phi) is 4.51. The van der Waals surface area contributed by atoms with Crippen molar-refractivity contribution >= 4 is 27.3 Å². The van der Waals surface area contributed by atoms with Crippen molar-refractivity contribution in [1.29, 1.82) is 0 Å². The third-order valence-corrected chi connectivity index (χ3v) is 4.70. The zero-order valence-corrected chi connectivity index (χ0v) is 12.8. The van der Waals surface area contributed by atoms with Crippen molar-refractivity contribution in [3.05, 3.63) is 58.4 Å². The molecule has 112 valence electrons. The van der Waals surface area contributed by atoms with Crippen molar-refractivity contribution in [2.45, 2.75) is 18.4 Å². The molecule has 0 aliphatic rings. The van der Waals surface area contributed by atoms with Crippen LogP contribution in [0.5, 0.6) is 0 Å². The van der Waals surface area contributed by atoms with E-state index in [0.717, 1.165) is 23.3 Å². The Balaban J connectivity index is 2.38. The first-order chi connectivity index (χ1) is 9.83. The Bertz CT molecular complexity index is 779. The van der Waals surface area contributed by atoms with Crippen LogP contribution in [0, 0.1) is 12.7 Å². The highest BCUT2D eigenvalue weighted by Crippen LogP contribution is 2.26. The number of benzene rings is 2. The quantitative estimate of drug-likeness (QED) is 0.906. The minimum Gasteiger partial charge on any atom is -0.326 e. The van der Waals surface area contributed by atoms with E-state index in [-0.39, 0.29) is 22.2 Å². The summed E-state index contributed by atoms with van der Waals surface area (Å²) in [4.78, 5) is 0.0777. The Morgan fingerprint density at radius 3 is 2.57 bits per heavy atom. The summed E-state index contributed by atoms with van der Waals surface area (Å²) in [5, 5.41) is -0.00950. The summed E-state index contributed by atoms with van der Waals surface area (Å²) in [6.07, 6.45) is 0. The number of nitrogens with two attached hydrogens (primary N) is 1. The molecule has 0 fully saturated rings. The van der Waals surface area contributed by atoms with Crippen LogP contribution in [0.15, 0.2) is 41.3 Å². The molecule has 4 nitrogen and oxygen atoms in total. The largest absolute Gasteiger partial charge is 0.326 e. The zero-order chi connectivity index (χ0) is 15.6. The fraction of sp³-hybridized carbons (Fsp3) is 0.143. The first-order valence-electron chi connectivity index (χ1n) is 6.11. The van der Waals surface area contributed by atoms with E-state index in [1.807, 2.05) is 6.92 Å². The first kappa shape index (κ1) is 15.8. The summed E-state index contributed by atoms with van der Waals surface area (Å²) in [6, 6.07) is 8.11. The fourth-order valence-corrected chi connectivity index (χ4v) is 3.21. The lowest BCUT2D eigenvalue weighted by Gasteiger charge is -2.11. The number of rotatable bonds is 4. The molecule has 0 radical (unpaired) electrons. The Morgan fingerprint density at radius 2 is 1.95 bits per heavy atom. The predicted molar refractivity (Wildman–Crippen MR) is 81.3 cm³/mol. The van der Waals surface area contributed by atoms with E-state index in [4.69, 9.17) is 17.3 Å². The SMILES string of the molecule is Cc1ccc(S(=O)(=O)Nc2ccc(F)cc2Cl)cc1CN. The number of anilines is 1. The minimum atomic E-state index is -3.81. The molecule has 21 heavy (non-hydrogen) atoms. The second kappa shape index (κ2) is 6.01. The Morgan fingerprint density at radius 1 is 1.24 bits per heavy atom. The topological polar surface area (TPSA) is 72.2 Å². The summed E-state index contributed by atoms with van der Waals surface area (Å²) >= 11 is 5.82. The summed E-state index contributed by atoms with van der Waals surface area (Å²) in [5.41, 5.74) is 7.35. The van der Waals surface area contributed by atoms with Crippen molar-refractivity contribution in [2.24, 2.45) is 5.73 Å². The number of hydrogen-bond donors (Lipinski definition) is 2. The van der Waals surface area contributed by atoms with Gasteiger partial charge in [-0.2, -0.15) is 0 Å². The van der Waals surface area contributed by atoms with Gasteiger partial charge in [0.2, 0.25) is 0 Å². The number of sulfonamides is 1. The third kappa shape index (κ3) is 3.53. The van der Waals surface area contributed by atoms with E-state index in [1.54, 1.807) is 6.07 Å². The van der Waals surface area contributed by atoms with Crippen LogP contribution in [0.4, 0.5) is 10.1 Å². The van der Waals surface area contributed by atoms with E-state index >= 15 is 0 Å². The van der Waals surface area contributed by atoms with Gasteiger partial charge in [-0.1, -0.05) is 17.7 Å². The highest BCUT2D eigenvalue weighted by molar-refractivity contribution is 7.92. The van der Waals surface area contributed by atoms with Crippen molar-refractivity contribution < 1.29 is 12.8 Å². The van der Waals surface area contributed by atoms with Crippen LogP contribution in [0.25, 0.3) is 0 Å². The molecule has 0 saturated heterocycles.